The molecule has 0 spiro atoms. The van der Waals surface area contributed by atoms with E-state index in [0.29, 0.717) is 0 Å². The summed E-state index contributed by atoms with van der Waals surface area (Å²) >= 11 is 0. The van der Waals surface area contributed by atoms with Gasteiger partial charge in [0, 0.05) is 43.7 Å². The largest absolute Gasteiger partial charge is 0.309 e. The van der Waals surface area contributed by atoms with Gasteiger partial charge in [-0.3, -0.25) is 0 Å². The lowest BCUT2D eigenvalue weighted by molar-refractivity contribution is 0.639. The first-order chi connectivity index (χ1) is 27.3. The van der Waals surface area contributed by atoms with E-state index in [0.717, 1.165) is 11.4 Å². The summed E-state index contributed by atoms with van der Waals surface area (Å²) in [4.78, 5) is 0. The summed E-state index contributed by atoms with van der Waals surface area (Å²) in [7, 11) is 0. The molecule has 12 rings (SSSR count). The maximum atomic E-state index is 2.54. The van der Waals surface area contributed by atoms with Crippen molar-refractivity contribution in [1.29, 1.82) is 0 Å². The van der Waals surface area contributed by atoms with Gasteiger partial charge in [-0.15, -0.1) is 0 Å². The first kappa shape index (κ1) is 31.7. The SMILES string of the molecule is CC1(C)c2ccccc2-c2cc3c(cc21)C(C)(C)c1cc(-c2cc(-n4c5ccccc5c5ccccc54)cc(-n4c5ccccc5c5ccccc54)c2)ccc1-3. The molecule has 0 fully saturated rings. The molecule has 0 saturated heterocycles. The number of fused-ring (bicyclic) bond motifs is 12. The molecular formula is C54H40N2. The van der Waals surface area contributed by atoms with Crippen LogP contribution in [0.4, 0.5) is 0 Å². The Balaban J connectivity index is 1.11. The van der Waals surface area contributed by atoms with Gasteiger partial charge in [0.05, 0.1) is 22.1 Å². The van der Waals surface area contributed by atoms with Crippen LogP contribution < -0.4 is 0 Å². The van der Waals surface area contributed by atoms with E-state index in [2.05, 4.69) is 207 Å². The van der Waals surface area contributed by atoms with E-state index < -0.39 is 0 Å². The molecule has 0 saturated carbocycles. The molecule has 2 heterocycles. The predicted octanol–water partition coefficient (Wildman–Crippen LogP) is 14.2. The van der Waals surface area contributed by atoms with Crippen LogP contribution >= 0.6 is 0 Å². The Labute approximate surface area is 326 Å². The Morgan fingerprint density at radius 2 is 0.714 bits per heavy atom. The highest BCUT2D eigenvalue weighted by Crippen LogP contribution is 2.56. The van der Waals surface area contributed by atoms with Gasteiger partial charge in [0.15, 0.2) is 0 Å². The number of rotatable bonds is 3. The molecule has 2 heteroatoms. The van der Waals surface area contributed by atoms with Crippen LogP contribution in [-0.4, -0.2) is 9.13 Å². The van der Waals surface area contributed by atoms with Crippen LogP contribution in [0, 0.1) is 0 Å². The van der Waals surface area contributed by atoms with Gasteiger partial charge in [0.25, 0.3) is 0 Å². The van der Waals surface area contributed by atoms with Gasteiger partial charge in [0.1, 0.15) is 0 Å². The van der Waals surface area contributed by atoms with E-state index in [4.69, 9.17) is 0 Å². The fourth-order valence-corrected chi connectivity index (χ4v) is 10.5. The molecule has 0 atom stereocenters. The molecule has 10 aromatic rings. The highest BCUT2D eigenvalue weighted by molar-refractivity contribution is 6.11. The number of benzene rings is 8. The fourth-order valence-electron chi connectivity index (χ4n) is 10.5. The molecule has 2 aromatic heterocycles. The molecule has 0 aliphatic heterocycles. The predicted molar refractivity (Wildman–Crippen MR) is 236 cm³/mol. The van der Waals surface area contributed by atoms with Crippen LogP contribution in [0.2, 0.25) is 0 Å². The molecule has 0 radical (unpaired) electrons. The van der Waals surface area contributed by atoms with Gasteiger partial charge in [-0.05, 0) is 110 Å². The van der Waals surface area contributed by atoms with E-state index in [9.17, 15) is 0 Å². The molecule has 0 N–H and O–H groups in total. The smallest absolute Gasteiger partial charge is 0.0541 e. The average molecular weight is 717 g/mol. The summed E-state index contributed by atoms with van der Waals surface area (Å²) in [5.41, 5.74) is 20.5. The molecule has 8 aromatic carbocycles. The van der Waals surface area contributed by atoms with Crippen molar-refractivity contribution in [3.63, 3.8) is 0 Å². The summed E-state index contributed by atoms with van der Waals surface area (Å²) in [6.07, 6.45) is 0. The van der Waals surface area contributed by atoms with Crippen LogP contribution in [0.3, 0.4) is 0 Å². The monoisotopic (exact) mass is 716 g/mol. The highest BCUT2D eigenvalue weighted by Gasteiger charge is 2.41. The minimum absolute atomic E-state index is 0.0343. The lowest BCUT2D eigenvalue weighted by Gasteiger charge is -2.26. The van der Waals surface area contributed by atoms with Crippen molar-refractivity contribution in [2.75, 3.05) is 0 Å². The maximum absolute atomic E-state index is 2.54. The summed E-state index contributed by atoms with van der Waals surface area (Å²) in [5.74, 6) is 0. The van der Waals surface area contributed by atoms with E-state index in [1.807, 2.05) is 0 Å². The second kappa shape index (κ2) is 11.0. The number of hydrogen-bond donors (Lipinski definition) is 0. The van der Waals surface area contributed by atoms with Crippen LogP contribution in [0.15, 0.2) is 170 Å². The zero-order chi connectivity index (χ0) is 37.5. The fraction of sp³-hybridized carbons (Fsp3) is 0.111. The molecular weight excluding hydrogens is 677 g/mol. The second-order valence-electron chi connectivity index (χ2n) is 17.0. The van der Waals surface area contributed by atoms with Crippen molar-refractivity contribution in [2.24, 2.45) is 0 Å². The van der Waals surface area contributed by atoms with E-state index in [1.54, 1.807) is 0 Å². The molecule has 2 aliphatic rings. The van der Waals surface area contributed by atoms with Crippen molar-refractivity contribution >= 4 is 43.6 Å². The topological polar surface area (TPSA) is 9.86 Å². The van der Waals surface area contributed by atoms with Gasteiger partial charge < -0.3 is 9.13 Å². The number of hydrogen-bond acceptors (Lipinski definition) is 0. The molecule has 266 valence electrons. The normalized spacial score (nSPS) is 14.7. The van der Waals surface area contributed by atoms with Crippen molar-refractivity contribution in [1.82, 2.24) is 9.13 Å². The van der Waals surface area contributed by atoms with Crippen LogP contribution in [0.1, 0.15) is 49.9 Å². The van der Waals surface area contributed by atoms with E-state index >= 15 is 0 Å². The Bertz CT molecular complexity index is 3070. The second-order valence-corrected chi connectivity index (χ2v) is 17.0. The number of nitrogens with zero attached hydrogens (tertiary/aromatic N) is 2. The van der Waals surface area contributed by atoms with Crippen LogP contribution in [-0.2, 0) is 10.8 Å². The molecule has 0 bridgehead atoms. The first-order valence-corrected chi connectivity index (χ1v) is 19.9. The average Bonchev–Trinajstić information content (AvgIpc) is 3.89. The van der Waals surface area contributed by atoms with E-state index in [1.165, 1.54) is 99.2 Å². The minimum atomic E-state index is -0.152. The summed E-state index contributed by atoms with van der Waals surface area (Å²) in [5, 5.41) is 5.06. The lowest BCUT2D eigenvalue weighted by Crippen LogP contribution is -2.18. The van der Waals surface area contributed by atoms with Crippen molar-refractivity contribution in [3.8, 4) is 44.8 Å². The standard InChI is InChI=1S/C54H40N2/c1-53(2)45-20-10-5-15-37(45)43-31-44-38-26-25-33(29-46(38)54(3,4)48(44)32-47(43)53)34-27-35(55-49-21-11-6-16-39(49)40-17-7-12-22-50(40)55)30-36(28-34)56-51-23-13-8-18-41(51)42-19-9-14-24-52(42)56/h5-32H,1-4H3. The van der Waals surface area contributed by atoms with E-state index in [-0.39, 0.29) is 10.8 Å². The molecule has 0 unspecified atom stereocenters. The number of aromatic nitrogens is 2. The highest BCUT2D eigenvalue weighted by atomic mass is 15.0. The van der Waals surface area contributed by atoms with Gasteiger partial charge in [-0.1, -0.05) is 143 Å². The van der Waals surface area contributed by atoms with Gasteiger partial charge >= 0.3 is 0 Å². The van der Waals surface area contributed by atoms with Gasteiger partial charge in [-0.25, -0.2) is 0 Å². The summed E-state index contributed by atoms with van der Waals surface area (Å²) in [6.45, 7) is 9.61. The Kier molecular flexibility index (Phi) is 6.22. The molecule has 2 nitrogen and oxygen atoms in total. The molecule has 0 amide bonds. The van der Waals surface area contributed by atoms with Crippen LogP contribution in [0.25, 0.3) is 88.4 Å². The van der Waals surface area contributed by atoms with Gasteiger partial charge in [-0.2, -0.15) is 0 Å². The third-order valence-electron chi connectivity index (χ3n) is 13.3. The Hall–Kier alpha value is -6.64. The zero-order valence-electron chi connectivity index (χ0n) is 32.1. The zero-order valence-corrected chi connectivity index (χ0v) is 32.1. The first-order valence-electron chi connectivity index (χ1n) is 19.9. The van der Waals surface area contributed by atoms with Crippen molar-refractivity contribution in [2.45, 2.75) is 38.5 Å². The third kappa shape index (κ3) is 4.11. The lowest BCUT2D eigenvalue weighted by atomic mass is 9.77. The summed E-state index contributed by atoms with van der Waals surface area (Å²) < 4.78 is 4.92. The van der Waals surface area contributed by atoms with Crippen LogP contribution in [0.5, 0.6) is 0 Å². The molecule has 56 heavy (non-hydrogen) atoms. The number of para-hydroxylation sites is 4. The Morgan fingerprint density at radius 1 is 0.304 bits per heavy atom. The van der Waals surface area contributed by atoms with Crippen molar-refractivity contribution < 1.29 is 0 Å². The quantitative estimate of drug-likeness (QED) is 0.172. The molecule has 2 aliphatic carbocycles. The third-order valence-corrected chi connectivity index (χ3v) is 13.3. The summed E-state index contributed by atoms with van der Waals surface area (Å²) in [6, 6.07) is 63.7. The van der Waals surface area contributed by atoms with Crippen molar-refractivity contribution in [3.05, 3.63) is 192 Å². The van der Waals surface area contributed by atoms with Gasteiger partial charge in [0.2, 0.25) is 0 Å². The minimum Gasteiger partial charge on any atom is -0.309 e. The maximum Gasteiger partial charge on any atom is 0.0541 e. The Morgan fingerprint density at radius 3 is 1.23 bits per heavy atom.